The van der Waals surface area contributed by atoms with E-state index in [0.717, 1.165) is 5.56 Å². The van der Waals surface area contributed by atoms with Crippen molar-refractivity contribution < 1.29 is 9.21 Å². The van der Waals surface area contributed by atoms with Crippen LogP contribution in [-0.4, -0.2) is 17.4 Å². The number of rotatable bonds is 4. The minimum Gasteiger partial charge on any atom is -0.472 e. The molecule has 4 heteroatoms. The van der Waals surface area contributed by atoms with Crippen LogP contribution in [0, 0.1) is 0 Å². The predicted octanol–water partition coefficient (Wildman–Crippen LogP) is 3.60. The lowest BCUT2D eigenvalue weighted by atomic mass is 10.2. The van der Waals surface area contributed by atoms with E-state index in [-0.39, 0.29) is 5.91 Å². The van der Waals surface area contributed by atoms with Gasteiger partial charge in [-0.2, -0.15) is 0 Å². The second kappa shape index (κ2) is 5.74. The quantitative estimate of drug-likeness (QED) is 0.845. The average molecular weight is 264 g/mol. The molecule has 1 heterocycles. The summed E-state index contributed by atoms with van der Waals surface area (Å²) in [4.78, 5) is 13.9. The summed E-state index contributed by atoms with van der Waals surface area (Å²) in [6.45, 7) is 3.13. The molecule has 1 aromatic carbocycles. The van der Waals surface area contributed by atoms with Gasteiger partial charge in [-0.25, -0.2) is 0 Å². The SMILES string of the molecule is CCN(Cc1cccc(Cl)c1)C(=O)c1ccoc1. The van der Waals surface area contributed by atoms with Gasteiger partial charge in [0.05, 0.1) is 11.8 Å². The molecular weight excluding hydrogens is 250 g/mol. The zero-order valence-electron chi connectivity index (χ0n) is 10.1. The summed E-state index contributed by atoms with van der Waals surface area (Å²) >= 11 is 5.93. The molecule has 0 N–H and O–H groups in total. The van der Waals surface area contributed by atoms with Crippen molar-refractivity contribution in [1.82, 2.24) is 4.90 Å². The largest absolute Gasteiger partial charge is 0.472 e. The van der Waals surface area contributed by atoms with Gasteiger partial charge in [-0.1, -0.05) is 23.7 Å². The highest BCUT2D eigenvalue weighted by molar-refractivity contribution is 6.30. The highest BCUT2D eigenvalue weighted by Crippen LogP contribution is 2.14. The monoisotopic (exact) mass is 263 g/mol. The van der Waals surface area contributed by atoms with E-state index in [1.165, 1.54) is 12.5 Å². The molecule has 0 aliphatic rings. The summed E-state index contributed by atoms with van der Waals surface area (Å²) in [5.41, 5.74) is 1.58. The van der Waals surface area contributed by atoms with Crippen molar-refractivity contribution in [2.75, 3.05) is 6.54 Å². The van der Waals surface area contributed by atoms with E-state index in [4.69, 9.17) is 16.0 Å². The Balaban J connectivity index is 2.12. The number of hydrogen-bond acceptors (Lipinski definition) is 2. The number of hydrogen-bond donors (Lipinski definition) is 0. The van der Waals surface area contributed by atoms with Crippen LogP contribution in [0.3, 0.4) is 0 Å². The Labute approximate surface area is 111 Å². The molecule has 18 heavy (non-hydrogen) atoms. The van der Waals surface area contributed by atoms with E-state index in [1.807, 2.05) is 31.2 Å². The van der Waals surface area contributed by atoms with Crippen molar-refractivity contribution in [3.05, 3.63) is 59.0 Å². The molecule has 0 bridgehead atoms. The Hall–Kier alpha value is -1.74. The number of benzene rings is 1. The first-order valence-corrected chi connectivity index (χ1v) is 6.14. The van der Waals surface area contributed by atoms with Gasteiger partial charge in [0, 0.05) is 18.1 Å². The molecule has 2 rings (SSSR count). The number of carbonyl (C=O) groups excluding carboxylic acids is 1. The maximum absolute atomic E-state index is 12.2. The molecule has 0 saturated heterocycles. The van der Waals surface area contributed by atoms with Crippen LogP contribution in [0.2, 0.25) is 5.02 Å². The maximum atomic E-state index is 12.2. The molecule has 2 aromatic rings. The summed E-state index contributed by atoms with van der Waals surface area (Å²) in [5, 5.41) is 0.680. The number of nitrogens with zero attached hydrogens (tertiary/aromatic N) is 1. The Morgan fingerprint density at radius 1 is 1.39 bits per heavy atom. The lowest BCUT2D eigenvalue weighted by molar-refractivity contribution is 0.0752. The highest BCUT2D eigenvalue weighted by atomic mass is 35.5. The smallest absolute Gasteiger partial charge is 0.257 e. The third kappa shape index (κ3) is 2.93. The fourth-order valence-corrected chi connectivity index (χ4v) is 1.96. The Morgan fingerprint density at radius 2 is 2.22 bits per heavy atom. The van der Waals surface area contributed by atoms with Crippen LogP contribution in [0.1, 0.15) is 22.8 Å². The van der Waals surface area contributed by atoms with Crippen molar-refractivity contribution in [2.24, 2.45) is 0 Å². The van der Waals surface area contributed by atoms with Gasteiger partial charge in [-0.05, 0) is 30.7 Å². The molecule has 0 aliphatic heterocycles. The zero-order chi connectivity index (χ0) is 13.0. The van der Waals surface area contributed by atoms with Crippen LogP contribution < -0.4 is 0 Å². The molecule has 3 nitrogen and oxygen atoms in total. The molecule has 0 aliphatic carbocycles. The first kappa shape index (κ1) is 12.7. The Morgan fingerprint density at radius 3 is 2.83 bits per heavy atom. The van der Waals surface area contributed by atoms with Crippen LogP contribution in [0.5, 0.6) is 0 Å². The van der Waals surface area contributed by atoms with Gasteiger partial charge in [-0.15, -0.1) is 0 Å². The molecule has 0 spiro atoms. The summed E-state index contributed by atoms with van der Waals surface area (Å²) in [7, 11) is 0. The summed E-state index contributed by atoms with van der Waals surface area (Å²) in [6, 6.07) is 9.19. The van der Waals surface area contributed by atoms with Crippen LogP contribution >= 0.6 is 11.6 Å². The molecule has 0 unspecified atom stereocenters. The fourth-order valence-electron chi connectivity index (χ4n) is 1.75. The van der Waals surface area contributed by atoms with Gasteiger partial charge in [0.2, 0.25) is 0 Å². The molecule has 0 saturated carbocycles. The first-order chi connectivity index (χ1) is 8.70. The third-order valence-electron chi connectivity index (χ3n) is 2.70. The second-order valence-corrected chi connectivity index (χ2v) is 4.40. The number of carbonyl (C=O) groups is 1. The predicted molar refractivity (Wildman–Crippen MR) is 70.6 cm³/mol. The van der Waals surface area contributed by atoms with E-state index < -0.39 is 0 Å². The van der Waals surface area contributed by atoms with Crippen LogP contribution in [0.15, 0.2) is 47.3 Å². The van der Waals surface area contributed by atoms with Gasteiger partial charge in [0.15, 0.2) is 0 Å². The van der Waals surface area contributed by atoms with Gasteiger partial charge < -0.3 is 9.32 Å². The van der Waals surface area contributed by atoms with E-state index in [1.54, 1.807) is 11.0 Å². The number of amides is 1. The average Bonchev–Trinajstić information content (AvgIpc) is 2.89. The molecule has 0 fully saturated rings. The normalized spacial score (nSPS) is 10.3. The molecule has 1 amide bonds. The maximum Gasteiger partial charge on any atom is 0.257 e. The summed E-state index contributed by atoms with van der Waals surface area (Å²) in [5.74, 6) is -0.0359. The minimum absolute atomic E-state index is 0.0359. The van der Waals surface area contributed by atoms with Crippen molar-refractivity contribution in [2.45, 2.75) is 13.5 Å². The molecule has 1 aromatic heterocycles. The first-order valence-electron chi connectivity index (χ1n) is 5.76. The van der Waals surface area contributed by atoms with Crippen LogP contribution in [0.4, 0.5) is 0 Å². The van der Waals surface area contributed by atoms with Gasteiger partial charge in [0.1, 0.15) is 6.26 Å². The lowest BCUT2D eigenvalue weighted by Gasteiger charge is -2.20. The molecule has 94 valence electrons. The van der Waals surface area contributed by atoms with Gasteiger partial charge >= 0.3 is 0 Å². The van der Waals surface area contributed by atoms with Gasteiger partial charge in [-0.3, -0.25) is 4.79 Å². The molecule has 0 atom stereocenters. The van der Waals surface area contributed by atoms with Crippen LogP contribution in [0.25, 0.3) is 0 Å². The standard InChI is InChI=1S/C14H14ClNO2/c1-2-16(14(17)12-6-7-18-10-12)9-11-4-3-5-13(15)8-11/h3-8,10H,2,9H2,1H3. The van der Waals surface area contributed by atoms with Gasteiger partial charge in [0.25, 0.3) is 5.91 Å². The van der Waals surface area contributed by atoms with E-state index in [0.29, 0.717) is 23.7 Å². The Kier molecular flexibility index (Phi) is 4.05. The van der Waals surface area contributed by atoms with Crippen molar-refractivity contribution >= 4 is 17.5 Å². The van der Waals surface area contributed by atoms with E-state index >= 15 is 0 Å². The fraction of sp³-hybridized carbons (Fsp3) is 0.214. The van der Waals surface area contributed by atoms with Crippen LogP contribution in [-0.2, 0) is 6.54 Å². The summed E-state index contributed by atoms with van der Waals surface area (Å²) in [6.07, 6.45) is 2.96. The number of furan rings is 1. The Bertz CT molecular complexity index is 522. The topological polar surface area (TPSA) is 33.5 Å². The molecule has 0 radical (unpaired) electrons. The lowest BCUT2D eigenvalue weighted by Crippen LogP contribution is -2.29. The third-order valence-corrected chi connectivity index (χ3v) is 2.93. The van der Waals surface area contributed by atoms with Crippen molar-refractivity contribution in [1.29, 1.82) is 0 Å². The number of halogens is 1. The minimum atomic E-state index is -0.0359. The highest BCUT2D eigenvalue weighted by Gasteiger charge is 2.15. The second-order valence-electron chi connectivity index (χ2n) is 3.96. The van der Waals surface area contributed by atoms with E-state index in [9.17, 15) is 4.79 Å². The molecular formula is C14H14ClNO2. The zero-order valence-corrected chi connectivity index (χ0v) is 10.9. The van der Waals surface area contributed by atoms with E-state index in [2.05, 4.69) is 0 Å². The van der Waals surface area contributed by atoms with Crippen molar-refractivity contribution in [3.63, 3.8) is 0 Å². The van der Waals surface area contributed by atoms with Crippen molar-refractivity contribution in [3.8, 4) is 0 Å². The summed E-state index contributed by atoms with van der Waals surface area (Å²) < 4.78 is 4.93.